The first-order chi connectivity index (χ1) is 7.34. The first-order valence-corrected chi connectivity index (χ1v) is 5.58. The standard InChI is InChI=1S/C12H18N2O/c1-10-7-11(4-5-14-10)8-13-9-12-3-2-6-15-12/h4-5,7,12-13H,2-3,6,8-9H2,1H3. The SMILES string of the molecule is Cc1cc(CNCC2CCCO2)ccn1. The van der Waals surface area contributed by atoms with Crippen molar-refractivity contribution in [3.63, 3.8) is 0 Å². The summed E-state index contributed by atoms with van der Waals surface area (Å²) in [5.41, 5.74) is 2.37. The molecule has 1 aromatic rings. The van der Waals surface area contributed by atoms with Gasteiger partial charge in [-0.05, 0) is 37.5 Å². The minimum absolute atomic E-state index is 0.424. The molecule has 0 aromatic carbocycles. The fourth-order valence-electron chi connectivity index (χ4n) is 1.90. The number of hydrogen-bond acceptors (Lipinski definition) is 3. The zero-order valence-electron chi connectivity index (χ0n) is 9.20. The summed E-state index contributed by atoms with van der Waals surface area (Å²) in [6.45, 7) is 4.81. The van der Waals surface area contributed by atoms with Gasteiger partial charge < -0.3 is 10.1 Å². The molecule has 0 saturated carbocycles. The first kappa shape index (κ1) is 10.6. The molecule has 0 radical (unpaired) electrons. The van der Waals surface area contributed by atoms with E-state index in [1.165, 1.54) is 18.4 Å². The number of nitrogens with zero attached hydrogens (tertiary/aromatic N) is 1. The van der Waals surface area contributed by atoms with Crippen molar-refractivity contribution in [2.45, 2.75) is 32.4 Å². The minimum atomic E-state index is 0.424. The van der Waals surface area contributed by atoms with Crippen LogP contribution in [0.1, 0.15) is 24.1 Å². The molecule has 2 heterocycles. The topological polar surface area (TPSA) is 34.1 Å². The van der Waals surface area contributed by atoms with Crippen molar-refractivity contribution in [2.24, 2.45) is 0 Å². The summed E-state index contributed by atoms with van der Waals surface area (Å²) in [4.78, 5) is 4.17. The predicted molar refractivity (Wildman–Crippen MR) is 59.7 cm³/mol. The molecule has 0 amide bonds. The van der Waals surface area contributed by atoms with Gasteiger partial charge in [0.25, 0.3) is 0 Å². The quantitative estimate of drug-likeness (QED) is 0.813. The van der Waals surface area contributed by atoms with E-state index in [1.54, 1.807) is 0 Å². The van der Waals surface area contributed by atoms with Gasteiger partial charge in [-0.15, -0.1) is 0 Å². The number of rotatable bonds is 4. The largest absolute Gasteiger partial charge is 0.377 e. The Bertz CT molecular complexity index is 308. The van der Waals surface area contributed by atoms with Crippen molar-refractivity contribution in [3.05, 3.63) is 29.6 Å². The van der Waals surface area contributed by atoms with Crippen LogP contribution in [0.3, 0.4) is 0 Å². The number of aromatic nitrogens is 1. The van der Waals surface area contributed by atoms with E-state index in [4.69, 9.17) is 4.74 Å². The van der Waals surface area contributed by atoms with E-state index in [-0.39, 0.29) is 0 Å². The highest BCUT2D eigenvalue weighted by molar-refractivity contribution is 5.14. The third kappa shape index (κ3) is 3.29. The van der Waals surface area contributed by atoms with E-state index in [0.29, 0.717) is 6.10 Å². The highest BCUT2D eigenvalue weighted by Crippen LogP contribution is 2.10. The average Bonchev–Trinajstić information content (AvgIpc) is 2.71. The van der Waals surface area contributed by atoms with Crippen molar-refractivity contribution >= 4 is 0 Å². The third-order valence-electron chi connectivity index (χ3n) is 2.69. The molecule has 1 unspecified atom stereocenters. The normalized spacial score (nSPS) is 20.7. The summed E-state index contributed by atoms with van der Waals surface area (Å²) in [5, 5.41) is 3.42. The van der Waals surface area contributed by atoms with Gasteiger partial charge in [0.1, 0.15) is 0 Å². The smallest absolute Gasteiger partial charge is 0.0700 e. The van der Waals surface area contributed by atoms with Crippen molar-refractivity contribution in [1.29, 1.82) is 0 Å². The molecule has 1 aromatic heterocycles. The zero-order chi connectivity index (χ0) is 10.5. The molecule has 3 nitrogen and oxygen atoms in total. The monoisotopic (exact) mass is 206 g/mol. The third-order valence-corrected chi connectivity index (χ3v) is 2.69. The number of nitrogens with one attached hydrogen (secondary N) is 1. The molecule has 1 aliphatic heterocycles. The van der Waals surface area contributed by atoms with Crippen molar-refractivity contribution < 1.29 is 4.74 Å². The van der Waals surface area contributed by atoms with Crippen molar-refractivity contribution in [2.75, 3.05) is 13.2 Å². The summed E-state index contributed by atoms with van der Waals surface area (Å²) in [5.74, 6) is 0. The van der Waals surface area contributed by atoms with Crippen LogP contribution in [0.5, 0.6) is 0 Å². The maximum Gasteiger partial charge on any atom is 0.0700 e. The molecule has 2 rings (SSSR count). The molecule has 0 bridgehead atoms. The number of pyridine rings is 1. The van der Waals surface area contributed by atoms with Crippen LogP contribution in [0.2, 0.25) is 0 Å². The van der Waals surface area contributed by atoms with Gasteiger partial charge in [-0.3, -0.25) is 4.98 Å². The molecule has 1 fully saturated rings. The summed E-state index contributed by atoms with van der Waals surface area (Å²) in [7, 11) is 0. The summed E-state index contributed by atoms with van der Waals surface area (Å²) < 4.78 is 5.54. The Morgan fingerprint density at radius 3 is 3.27 bits per heavy atom. The van der Waals surface area contributed by atoms with Gasteiger partial charge in [0.05, 0.1) is 6.10 Å². The minimum Gasteiger partial charge on any atom is -0.377 e. The summed E-state index contributed by atoms with van der Waals surface area (Å²) in [6, 6.07) is 4.16. The summed E-state index contributed by atoms with van der Waals surface area (Å²) in [6.07, 6.45) is 4.69. The maximum atomic E-state index is 5.54. The van der Waals surface area contributed by atoms with Crippen LogP contribution in [-0.4, -0.2) is 24.2 Å². The van der Waals surface area contributed by atoms with Crippen LogP contribution >= 0.6 is 0 Å². The lowest BCUT2D eigenvalue weighted by atomic mass is 10.2. The molecule has 15 heavy (non-hydrogen) atoms. The fraction of sp³-hybridized carbons (Fsp3) is 0.583. The molecule has 0 aliphatic carbocycles. The van der Waals surface area contributed by atoms with E-state index in [0.717, 1.165) is 25.4 Å². The van der Waals surface area contributed by atoms with Gasteiger partial charge in [0.15, 0.2) is 0 Å². The molecule has 1 N–H and O–H groups in total. The van der Waals surface area contributed by atoms with E-state index < -0.39 is 0 Å². The van der Waals surface area contributed by atoms with Crippen LogP contribution in [0.4, 0.5) is 0 Å². The van der Waals surface area contributed by atoms with Crippen LogP contribution < -0.4 is 5.32 Å². The molecular formula is C12H18N2O. The van der Waals surface area contributed by atoms with Crippen molar-refractivity contribution in [1.82, 2.24) is 10.3 Å². The van der Waals surface area contributed by atoms with Crippen LogP contribution in [0.25, 0.3) is 0 Å². The Balaban J connectivity index is 1.73. The Morgan fingerprint density at radius 2 is 2.53 bits per heavy atom. The number of hydrogen-bond donors (Lipinski definition) is 1. The van der Waals surface area contributed by atoms with Gasteiger partial charge in [-0.25, -0.2) is 0 Å². The Morgan fingerprint density at radius 1 is 1.60 bits per heavy atom. The zero-order valence-corrected chi connectivity index (χ0v) is 9.20. The Hall–Kier alpha value is -0.930. The fourth-order valence-corrected chi connectivity index (χ4v) is 1.90. The van der Waals surface area contributed by atoms with E-state index in [9.17, 15) is 0 Å². The van der Waals surface area contributed by atoms with E-state index in [2.05, 4.69) is 22.4 Å². The molecule has 82 valence electrons. The molecule has 3 heteroatoms. The van der Waals surface area contributed by atoms with Gasteiger partial charge >= 0.3 is 0 Å². The first-order valence-electron chi connectivity index (χ1n) is 5.58. The number of ether oxygens (including phenoxy) is 1. The average molecular weight is 206 g/mol. The van der Waals surface area contributed by atoms with Gasteiger partial charge in [-0.1, -0.05) is 0 Å². The highest BCUT2D eigenvalue weighted by atomic mass is 16.5. The van der Waals surface area contributed by atoms with Crippen LogP contribution in [0, 0.1) is 6.92 Å². The Kier molecular flexibility index (Phi) is 3.69. The van der Waals surface area contributed by atoms with Crippen molar-refractivity contribution in [3.8, 4) is 0 Å². The second-order valence-electron chi connectivity index (χ2n) is 4.07. The van der Waals surface area contributed by atoms with Gasteiger partial charge in [-0.2, -0.15) is 0 Å². The second kappa shape index (κ2) is 5.24. The molecule has 1 saturated heterocycles. The predicted octanol–water partition coefficient (Wildman–Crippen LogP) is 1.66. The van der Waals surface area contributed by atoms with E-state index in [1.807, 2.05) is 13.1 Å². The van der Waals surface area contributed by atoms with Crippen LogP contribution in [-0.2, 0) is 11.3 Å². The number of aryl methyl sites for hydroxylation is 1. The van der Waals surface area contributed by atoms with E-state index >= 15 is 0 Å². The molecule has 1 atom stereocenters. The maximum absolute atomic E-state index is 5.54. The van der Waals surface area contributed by atoms with Crippen LogP contribution in [0.15, 0.2) is 18.3 Å². The van der Waals surface area contributed by atoms with Gasteiger partial charge in [0, 0.05) is 31.6 Å². The lowest BCUT2D eigenvalue weighted by Crippen LogP contribution is -2.25. The molecule has 1 aliphatic rings. The molecule has 0 spiro atoms. The molecular weight excluding hydrogens is 188 g/mol. The van der Waals surface area contributed by atoms with Gasteiger partial charge in [0.2, 0.25) is 0 Å². The lowest BCUT2D eigenvalue weighted by Gasteiger charge is -2.10. The lowest BCUT2D eigenvalue weighted by molar-refractivity contribution is 0.110. The summed E-state index contributed by atoms with van der Waals surface area (Å²) >= 11 is 0. The highest BCUT2D eigenvalue weighted by Gasteiger charge is 2.14. The second-order valence-corrected chi connectivity index (χ2v) is 4.07. The Labute approximate surface area is 90.9 Å².